The summed E-state index contributed by atoms with van der Waals surface area (Å²) in [6.45, 7) is 5.55. The molecule has 2 aromatic rings. The van der Waals surface area contributed by atoms with Gasteiger partial charge in [-0.2, -0.15) is 0 Å². The first-order chi connectivity index (χ1) is 12.0. The number of aryl methyl sites for hydroxylation is 1. The molecule has 3 rings (SSSR count). The van der Waals surface area contributed by atoms with Crippen LogP contribution in [-0.4, -0.2) is 52.9 Å². The molecule has 0 unspecified atom stereocenters. The Labute approximate surface area is 148 Å². The number of likely N-dealkylation sites (tertiary alicyclic amines) is 1. The number of likely N-dealkylation sites (N-methyl/N-ethyl adjacent to an activating group) is 1. The van der Waals surface area contributed by atoms with Gasteiger partial charge in [-0.05, 0) is 37.0 Å². The number of carbonyl (C=O) groups excluding carboxylic acids is 2. The Hall–Kier alpha value is -2.50. The molecule has 25 heavy (non-hydrogen) atoms. The molecule has 0 aliphatic carbocycles. The molecule has 3 amide bonds. The summed E-state index contributed by atoms with van der Waals surface area (Å²) >= 11 is 0. The van der Waals surface area contributed by atoms with Gasteiger partial charge in [0.25, 0.3) is 0 Å². The Balaban J connectivity index is 1.58. The van der Waals surface area contributed by atoms with E-state index in [9.17, 15) is 9.59 Å². The van der Waals surface area contributed by atoms with Crippen LogP contribution in [-0.2, 0) is 11.3 Å². The highest BCUT2D eigenvalue weighted by molar-refractivity contribution is 5.83. The van der Waals surface area contributed by atoms with Gasteiger partial charge < -0.3 is 20.1 Å². The molecular weight excluding hydrogens is 316 g/mol. The first-order valence-corrected chi connectivity index (χ1v) is 8.78. The standard InChI is InChI=1S/C19H26N4O2/c1-13-10-20-18-9-15(6-7-17(13)18)11-21-19(25)22(3)16-5-4-8-23(12-16)14(2)24/h6-7,9-10,16,20H,4-5,8,11-12H2,1-3H3,(H,21,25)/t16-/m1/s1. The predicted octanol–water partition coefficient (Wildman–Crippen LogP) is 2.63. The van der Waals surface area contributed by atoms with E-state index < -0.39 is 0 Å². The van der Waals surface area contributed by atoms with E-state index in [4.69, 9.17) is 0 Å². The lowest BCUT2D eigenvalue weighted by atomic mass is 10.0. The Morgan fingerprint density at radius 2 is 2.20 bits per heavy atom. The molecule has 1 aromatic carbocycles. The highest BCUT2D eigenvalue weighted by Gasteiger charge is 2.27. The maximum Gasteiger partial charge on any atom is 0.317 e. The zero-order valence-corrected chi connectivity index (χ0v) is 15.1. The molecule has 6 heteroatoms. The minimum Gasteiger partial charge on any atom is -0.361 e. The van der Waals surface area contributed by atoms with Crippen LogP contribution in [0.4, 0.5) is 4.79 Å². The lowest BCUT2D eigenvalue weighted by Gasteiger charge is -2.37. The van der Waals surface area contributed by atoms with Crippen LogP contribution in [0.25, 0.3) is 10.9 Å². The number of aromatic nitrogens is 1. The SMILES string of the molecule is CC(=O)N1CCC[C@@H](N(C)C(=O)NCc2ccc3c(C)c[nH]c3c2)C1. The molecule has 0 radical (unpaired) electrons. The normalized spacial score (nSPS) is 17.6. The van der Waals surface area contributed by atoms with Crippen LogP contribution in [0, 0.1) is 6.92 Å². The molecule has 1 aromatic heterocycles. The zero-order chi connectivity index (χ0) is 18.0. The quantitative estimate of drug-likeness (QED) is 0.900. The van der Waals surface area contributed by atoms with E-state index >= 15 is 0 Å². The van der Waals surface area contributed by atoms with Gasteiger partial charge in [0.2, 0.25) is 5.91 Å². The van der Waals surface area contributed by atoms with E-state index in [0.717, 1.165) is 30.5 Å². The molecule has 1 atom stereocenters. The summed E-state index contributed by atoms with van der Waals surface area (Å²) in [6, 6.07) is 6.17. The molecule has 134 valence electrons. The number of hydrogen-bond acceptors (Lipinski definition) is 2. The molecule has 1 aliphatic rings. The summed E-state index contributed by atoms with van der Waals surface area (Å²) in [5, 5.41) is 4.19. The van der Waals surface area contributed by atoms with Crippen molar-refractivity contribution in [2.75, 3.05) is 20.1 Å². The van der Waals surface area contributed by atoms with Crippen molar-refractivity contribution in [3.05, 3.63) is 35.5 Å². The Morgan fingerprint density at radius 3 is 2.96 bits per heavy atom. The van der Waals surface area contributed by atoms with Crippen molar-refractivity contribution in [2.45, 2.75) is 39.3 Å². The molecule has 2 N–H and O–H groups in total. The number of aromatic amines is 1. The van der Waals surface area contributed by atoms with Gasteiger partial charge >= 0.3 is 6.03 Å². The predicted molar refractivity (Wildman–Crippen MR) is 98.3 cm³/mol. The Morgan fingerprint density at radius 1 is 1.40 bits per heavy atom. The number of piperidine rings is 1. The van der Waals surface area contributed by atoms with Crippen LogP contribution in [0.5, 0.6) is 0 Å². The number of fused-ring (bicyclic) bond motifs is 1. The second-order valence-corrected chi connectivity index (χ2v) is 6.88. The number of benzene rings is 1. The van der Waals surface area contributed by atoms with Crippen LogP contribution in [0.3, 0.4) is 0 Å². The summed E-state index contributed by atoms with van der Waals surface area (Å²) in [7, 11) is 1.81. The van der Waals surface area contributed by atoms with Gasteiger partial charge in [0, 0.05) is 50.7 Å². The molecule has 6 nitrogen and oxygen atoms in total. The number of nitrogens with zero attached hydrogens (tertiary/aromatic N) is 2. The number of amides is 3. The fourth-order valence-corrected chi connectivity index (χ4v) is 3.45. The summed E-state index contributed by atoms with van der Waals surface area (Å²) in [4.78, 5) is 30.8. The Bertz CT molecular complexity index is 783. The number of H-pyrrole nitrogens is 1. The van der Waals surface area contributed by atoms with Crippen molar-refractivity contribution in [3.8, 4) is 0 Å². The number of carbonyl (C=O) groups is 2. The average molecular weight is 342 g/mol. The second kappa shape index (κ2) is 7.17. The van der Waals surface area contributed by atoms with Gasteiger partial charge in [-0.25, -0.2) is 4.79 Å². The topological polar surface area (TPSA) is 68.4 Å². The first kappa shape index (κ1) is 17.3. The van der Waals surface area contributed by atoms with E-state index in [1.807, 2.05) is 17.2 Å². The van der Waals surface area contributed by atoms with E-state index in [1.165, 1.54) is 10.9 Å². The number of rotatable bonds is 3. The molecular formula is C19H26N4O2. The van der Waals surface area contributed by atoms with E-state index in [-0.39, 0.29) is 18.0 Å². The van der Waals surface area contributed by atoms with Crippen molar-refractivity contribution in [1.29, 1.82) is 0 Å². The van der Waals surface area contributed by atoms with Gasteiger partial charge in [-0.15, -0.1) is 0 Å². The van der Waals surface area contributed by atoms with Crippen LogP contribution in [0.2, 0.25) is 0 Å². The zero-order valence-electron chi connectivity index (χ0n) is 15.1. The molecule has 1 saturated heterocycles. The molecule has 1 aliphatic heterocycles. The molecule has 0 bridgehead atoms. The maximum atomic E-state index is 12.5. The van der Waals surface area contributed by atoms with Gasteiger partial charge in [0.15, 0.2) is 0 Å². The molecule has 0 saturated carbocycles. The van der Waals surface area contributed by atoms with Crippen molar-refractivity contribution in [1.82, 2.24) is 20.1 Å². The van der Waals surface area contributed by atoms with Crippen molar-refractivity contribution in [3.63, 3.8) is 0 Å². The number of nitrogens with one attached hydrogen (secondary N) is 2. The third kappa shape index (κ3) is 3.78. The smallest absolute Gasteiger partial charge is 0.317 e. The molecule has 0 spiro atoms. The van der Waals surface area contributed by atoms with Crippen molar-refractivity contribution in [2.24, 2.45) is 0 Å². The fraction of sp³-hybridized carbons (Fsp3) is 0.474. The van der Waals surface area contributed by atoms with Gasteiger partial charge in [0.1, 0.15) is 0 Å². The largest absolute Gasteiger partial charge is 0.361 e. The third-order valence-electron chi connectivity index (χ3n) is 5.11. The van der Waals surface area contributed by atoms with Crippen LogP contribution in [0.1, 0.15) is 30.9 Å². The van der Waals surface area contributed by atoms with Crippen molar-refractivity contribution >= 4 is 22.8 Å². The number of hydrogen-bond donors (Lipinski definition) is 2. The van der Waals surface area contributed by atoms with E-state index in [1.54, 1.807) is 18.9 Å². The van der Waals surface area contributed by atoms with E-state index in [0.29, 0.717) is 13.1 Å². The lowest BCUT2D eigenvalue weighted by molar-refractivity contribution is -0.130. The van der Waals surface area contributed by atoms with E-state index in [2.05, 4.69) is 29.4 Å². The van der Waals surface area contributed by atoms with Gasteiger partial charge in [-0.3, -0.25) is 4.79 Å². The molecule has 2 heterocycles. The summed E-state index contributed by atoms with van der Waals surface area (Å²) in [5.41, 5.74) is 3.37. The van der Waals surface area contributed by atoms with Gasteiger partial charge in [0.05, 0.1) is 6.04 Å². The maximum absolute atomic E-state index is 12.5. The minimum absolute atomic E-state index is 0.0752. The highest BCUT2D eigenvalue weighted by Crippen LogP contribution is 2.19. The number of urea groups is 1. The fourth-order valence-electron chi connectivity index (χ4n) is 3.45. The summed E-state index contributed by atoms with van der Waals surface area (Å²) in [5.74, 6) is 0.0769. The summed E-state index contributed by atoms with van der Waals surface area (Å²) in [6.07, 6.45) is 3.86. The first-order valence-electron chi connectivity index (χ1n) is 8.78. The average Bonchev–Trinajstić information content (AvgIpc) is 2.99. The third-order valence-corrected chi connectivity index (χ3v) is 5.11. The monoisotopic (exact) mass is 342 g/mol. The van der Waals surface area contributed by atoms with Crippen LogP contribution < -0.4 is 5.32 Å². The Kier molecular flexibility index (Phi) is 4.97. The van der Waals surface area contributed by atoms with Crippen molar-refractivity contribution < 1.29 is 9.59 Å². The van der Waals surface area contributed by atoms with Crippen LogP contribution in [0.15, 0.2) is 24.4 Å². The lowest BCUT2D eigenvalue weighted by Crippen LogP contribution is -2.52. The van der Waals surface area contributed by atoms with Crippen LogP contribution >= 0.6 is 0 Å². The summed E-state index contributed by atoms with van der Waals surface area (Å²) < 4.78 is 0. The second-order valence-electron chi connectivity index (χ2n) is 6.88. The molecule has 1 fully saturated rings. The highest BCUT2D eigenvalue weighted by atomic mass is 16.2. The minimum atomic E-state index is -0.0989. The van der Waals surface area contributed by atoms with Gasteiger partial charge in [-0.1, -0.05) is 12.1 Å².